The molecule has 1 aromatic carbocycles. The minimum atomic E-state index is -1.16. The van der Waals surface area contributed by atoms with Crippen molar-refractivity contribution in [2.45, 2.75) is 18.9 Å². The second-order valence-corrected chi connectivity index (χ2v) is 4.86. The first-order valence-corrected chi connectivity index (χ1v) is 5.94. The first-order chi connectivity index (χ1) is 8.49. The predicted octanol–water partition coefficient (Wildman–Crippen LogP) is 3.32. The lowest BCUT2D eigenvalue weighted by Crippen LogP contribution is -2.24. The van der Waals surface area contributed by atoms with E-state index in [1.807, 2.05) is 0 Å². The van der Waals surface area contributed by atoms with Gasteiger partial charge in [0.25, 0.3) is 0 Å². The van der Waals surface area contributed by atoms with Gasteiger partial charge in [-0.05, 0) is 30.7 Å². The molecule has 0 radical (unpaired) electrons. The van der Waals surface area contributed by atoms with E-state index in [2.05, 4.69) is 4.98 Å². The first kappa shape index (κ1) is 13.0. The third-order valence-corrected chi connectivity index (χ3v) is 3.07. The van der Waals surface area contributed by atoms with Crippen molar-refractivity contribution >= 4 is 11.6 Å². The average Bonchev–Trinajstić information content (AvgIpc) is 2.34. The normalized spacial score (nSPS) is 14.2. The fourth-order valence-electron chi connectivity index (χ4n) is 1.82. The summed E-state index contributed by atoms with van der Waals surface area (Å²) in [6.45, 7) is 1.64. The summed E-state index contributed by atoms with van der Waals surface area (Å²) in [5, 5.41) is 10.7. The summed E-state index contributed by atoms with van der Waals surface area (Å²) in [6.07, 6.45) is 3.37. The number of hydrogen-bond acceptors (Lipinski definition) is 2. The van der Waals surface area contributed by atoms with E-state index in [-0.39, 0.29) is 6.42 Å². The van der Waals surface area contributed by atoms with E-state index in [1.54, 1.807) is 43.6 Å². The number of halogens is 2. The maximum atomic E-state index is 13.7. The highest BCUT2D eigenvalue weighted by Gasteiger charge is 2.25. The molecule has 18 heavy (non-hydrogen) atoms. The van der Waals surface area contributed by atoms with Gasteiger partial charge in [-0.2, -0.15) is 0 Å². The molecule has 0 saturated carbocycles. The minimum Gasteiger partial charge on any atom is -0.385 e. The van der Waals surface area contributed by atoms with Crippen molar-refractivity contribution in [3.63, 3.8) is 0 Å². The quantitative estimate of drug-likeness (QED) is 0.923. The van der Waals surface area contributed by atoms with Gasteiger partial charge < -0.3 is 5.11 Å². The van der Waals surface area contributed by atoms with Gasteiger partial charge in [0.2, 0.25) is 0 Å². The number of pyridine rings is 1. The smallest absolute Gasteiger partial charge is 0.127 e. The Kier molecular flexibility index (Phi) is 3.64. The Morgan fingerprint density at radius 3 is 2.78 bits per heavy atom. The van der Waals surface area contributed by atoms with Crippen LogP contribution in [0.3, 0.4) is 0 Å². The van der Waals surface area contributed by atoms with Crippen LogP contribution in [0.25, 0.3) is 0 Å². The SMILES string of the molecule is CC(O)(Cc1ccc(Cl)cc1F)c1cccnc1. The molecule has 1 atom stereocenters. The highest BCUT2D eigenvalue weighted by Crippen LogP contribution is 2.26. The van der Waals surface area contributed by atoms with E-state index in [0.717, 1.165) is 0 Å². The van der Waals surface area contributed by atoms with Gasteiger partial charge in [0.15, 0.2) is 0 Å². The molecule has 0 amide bonds. The summed E-state index contributed by atoms with van der Waals surface area (Å²) in [5.41, 5.74) is -0.0873. The number of aliphatic hydroxyl groups is 1. The molecule has 1 heterocycles. The topological polar surface area (TPSA) is 33.1 Å². The highest BCUT2D eigenvalue weighted by atomic mass is 35.5. The van der Waals surface area contributed by atoms with Crippen LogP contribution in [0.15, 0.2) is 42.7 Å². The van der Waals surface area contributed by atoms with Gasteiger partial charge in [0.05, 0.1) is 5.60 Å². The number of hydrogen-bond donors (Lipinski definition) is 1. The number of benzene rings is 1. The molecule has 1 unspecified atom stereocenters. The van der Waals surface area contributed by atoms with E-state index in [4.69, 9.17) is 11.6 Å². The average molecular weight is 266 g/mol. The fraction of sp³-hybridized carbons (Fsp3) is 0.214. The van der Waals surface area contributed by atoms with Crippen molar-refractivity contribution in [3.8, 4) is 0 Å². The molecule has 2 rings (SSSR count). The molecule has 1 N–H and O–H groups in total. The zero-order chi connectivity index (χ0) is 13.2. The third-order valence-electron chi connectivity index (χ3n) is 2.83. The van der Waals surface area contributed by atoms with Gasteiger partial charge in [0, 0.05) is 29.4 Å². The lowest BCUT2D eigenvalue weighted by molar-refractivity contribution is 0.0563. The van der Waals surface area contributed by atoms with Crippen molar-refractivity contribution in [1.82, 2.24) is 4.98 Å². The summed E-state index contributed by atoms with van der Waals surface area (Å²) >= 11 is 5.69. The van der Waals surface area contributed by atoms with Crippen LogP contribution in [0.2, 0.25) is 5.02 Å². The van der Waals surface area contributed by atoms with Gasteiger partial charge in [-0.25, -0.2) is 4.39 Å². The first-order valence-electron chi connectivity index (χ1n) is 5.56. The van der Waals surface area contributed by atoms with E-state index < -0.39 is 11.4 Å². The Hall–Kier alpha value is -1.45. The van der Waals surface area contributed by atoms with Gasteiger partial charge in [-0.15, -0.1) is 0 Å². The lowest BCUT2D eigenvalue weighted by Gasteiger charge is -2.23. The highest BCUT2D eigenvalue weighted by molar-refractivity contribution is 6.30. The molecule has 0 aliphatic carbocycles. The molecule has 0 spiro atoms. The summed E-state index contributed by atoms with van der Waals surface area (Å²) in [5.74, 6) is -0.410. The molecule has 0 fully saturated rings. The summed E-state index contributed by atoms with van der Waals surface area (Å²) in [6, 6.07) is 7.95. The van der Waals surface area contributed by atoms with Crippen LogP contribution >= 0.6 is 11.6 Å². The van der Waals surface area contributed by atoms with Gasteiger partial charge >= 0.3 is 0 Å². The van der Waals surface area contributed by atoms with Crippen molar-refractivity contribution in [1.29, 1.82) is 0 Å². The van der Waals surface area contributed by atoms with Gasteiger partial charge in [-0.1, -0.05) is 23.7 Å². The van der Waals surface area contributed by atoms with Crippen LogP contribution in [0.4, 0.5) is 4.39 Å². The third kappa shape index (κ3) is 2.86. The molecule has 2 nitrogen and oxygen atoms in total. The molecule has 0 bridgehead atoms. The Bertz CT molecular complexity index is 543. The van der Waals surface area contributed by atoms with Crippen LogP contribution in [0.5, 0.6) is 0 Å². The van der Waals surface area contributed by atoms with E-state index >= 15 is 0 Å². The van der Waals surface area contributed by atoms with Crippen LogP contribution in [0, 0.1) is 5.82 Å². The predicted molar refractivity (Wildman–Crippen MR) is 68.9 cm³/mol. The van der Waals surface area contributed by atoms with E-state index in [1.165, 1.54) is 6.07 Å². The second-order valence-electron chi connectivity index (χ2n) is 4.43. The molecular formula is C14H13ClFNO. The summed E-state index contributed by atoms with van der Waals surface area (Å²) < 4.78 is 13.7. The summed E-state index contributed by atoms with van der Waals surface area (Å²) in [4.78, 5) is 3.95. The molecule has 0 aliphatic rings. The monoisotopic (exact) mass is 265 g/mol. The van der Waals surface area contributed by atoms with Crippen LogP contribution < -0.4 is 0 Å². The Labute approximate surface area is 110 Å². The number of aromatic nitrogens is 1. The van der Waals surface area contributed by atoms with E-state index in [9.17, 15) is 9.50 Å². The van der Waals surface area contributed by atoms with Gasteiger partial charge in [-0.3, -0.25) is 4.98 Å². The Morgan fingerprint density at radius 2 is 2.17 bits per heavy atom. The Morgan fingerprint density at radius 1 is 1.39 bits per heavy atom. The van der Waals surface area contributed by atoms with Crippen molar-refractivity contribution < 1.29 is 9.50 Å². The molecule has 0 saturated heterocycles. The van der Waals surface area contributed by atoms with E-state index in [0.29, 0.717) is 16.1 Å². The molecule has 1 aromatic heterocycles. The minimum absolute atomic E-state index is 0.168. The van der Waals surface area contributed by atoms with Gasteiger partial charge in [0.1, 0.15) is 5.82 Å². The van der Waals surface area contributed by atoms with Crippen LogP contribution in [-0.2, 0) is 12.0 Å². The zero-order valence-corrected chi connectivity index (χ0v) is 10.7. The number of rotatable bonds is 3. The van der Waals surface area contributed by atoms with Crippen LogP contribution in [-0.4, -0.2) is 10.1 Å². The Balaban J connectivity index is 2.28. The largest absolute Gasteiger partial charge is 0.385 e. The van der Waals surface area contributed by atoms with Crippen molar-refractivity contribution in [2.75, 3.05) is 0 Å². The summed E-state index contributed by atoms with van der Waals surface area (Å²) in [7, 11) is 0. The molecule has 0 aliphatic heterocycles. The van der Waals surface area contributed by atoms with Crippen LogP contribution in [0.1, 0.15) is 18.1 Å². The number of nitrogens with zero attached hydrogens (tertiary/aromatic N) is 1. The molecular weight excluding hydrogens is 253 g/mol. The fourth-order valence-corrected chi connectivity index (χ4v) is 1.98. The maximum absolute atomic E-state index is 13.7. The van der Waals surface area contributed by atoms with Crippen molar-refractivity contribution in [2.24, 2.45) is 0 Å². The molecule has 2 aromatic rings. The standard InChI is InChI=1S/C14H13ClFNO/c1-14(18,11-3-2-6-17-9-11)8-10-4-5-12(15)7-13(10)16/h2-7,9,18H,8H2,1H3. The van der Waals surface area contributed by atoms with Crippen molar-refractivity contribution in [3.05, 3.63) is 64.7 Å². The lowest BCUT2D eigenvalue weighted by atomic mass is 9.90. The zero-order valence-electron chi connectivity index (χ0n) is 9.90. The molecule has 94 valence electrons. The second kappa shape index (κ2) is 5.04. The maximum Gasteiger partial charge on any atom is 0.127 e. The molecule has 4 heteroatoms.